The third kappa shape index (κ3) is 3.51. The number of carbonyl (C=O) groups is 1. The highest BCUT2D eigenvalue weighted by molar-refractivity contribution is 7.07. The van der Waals surface area contributed by atoms with Crippen LogP contribution >= 0.6 is 11.5 Å². The van der Waals surface area contributed by atoms with Crippen molar-refractivity contribution in [2.75, 3.05) is 6.61 Å². The average Bonchev–Trinajstić information content (AvgIpc) is 2.87. The van der Waals surface area contributed by atoms with Crippen molar-refractivity contribution in [3.8, 4) is 10.9 Å². The predicted octanol–water partition coefficient (Wildman–Crippen LogP) is 3.07. The van der Waals surface area contributed by atoms with Crippen molar-refractivity contribution < 1.29 is 14.3 Å². The van der Waals surface area contributed by atoms with Crippen LogP contribution in [0.15, 0.2) is 24.3 Å². The van der Waals surface area contributed by atoms with E-state index < -0.39 is 0 Å². The van der Waals surface area contributed by atoms with E-state index in [1.54, 1.807) is 31.2 Å². The largest absolute Gasteiger partial charge is 0.462 e. The van der Waals surface area contributed by atoms with E-state index in [0.29, 0.717) is 23.1 Å². The Hall–Kier alpha value is -1.95. The van der Waals surface area contributed by atoms with E-state index in [9.17, 15) is 4.79 Å². The molecule has 2 aromatic rings. The maximum Gasteiger partial charge on any atom is 0.338 e. The Labute approximate surface area is 115 Å². The molecule has 0 spiro atoms. The Kier molecular flexibility index (Phi) is 4.46. The van der Waals surface area contributed by atoms with Crippen LogP contribution < -0.4 is 4.74 Å². The molecule has 2 rings (SSSR count). The Balaban J connectivity index is 2.04. The maximum absolute atomic E-state index is 11.5. The number of carbonyl (C=O) groups excluding carboxylic acids is 1. The minimum absolute atomic E-state index is 0.335. The molecule has 1 aromatic heterocycles. The van der Waals surface area contributed by atoms with E-state index in [0.717, 1.165) is 12.2 Å². The lowest BCUT2D eigenvalue weighted by molar-refractivity contribution is 0.0526. The molecule has 0 saturated carbocycles. The lowest BCUT2D eigenvalue weighted by atomic mass is 10.2. The highest BCUT2D eigenvalue weighted by Crippen LogP contribution is 2.23. The minimum Gasteiger partial charge on any atom is -0.462 e. The fourth-order valence-electron chi connectivity index (χ4n) is 1.40. The summed E-state index contributed by atoms with van der Waals surface area (Å²) in [7, 11) is 0. The predicted molar refractivity (Wildman–Crippen MR) is 71.8 cm³/mol. The molecule has 0 aliphatic heterocycles. The monoisotopic (exact) mass is 278 g/mol. The summed E-state index contributed by atoms with van der Waals surface area (Å²) in [4.78, 5) is 15.7. The maximum atomic E-state index is 11.5. The van der Waals surface area contributed by atoms with Gasteiger partial charge in [0.15, 0.2) is 0 Å². The van der Waals surface area contributed by atoms with Crippen LogP contribution in [0, 0.1) is 0 Å². The highest BCUT2D eigenvalue weighted by Gasteiger charge is 2.08. The molecule has 100 valence electrons. The van der Waals surface area contributed by atoms with Gasteiger partial charge in [-0.25, -0.2) is 4.79 Å². The van der Waals surface area contributed by atoms with E-state index >= 15 is 0 Å². The van der Waals surface area contributed by atoms with E-state index in [-0.39, 0.29) is 5.97 Å². The zero-order valence-corrected chi connectivity index (χ0v) is 11.6. The van der Waals surface area contributed by atoms with Gasteiger partial charge < -0.3 is 9.47 Å². The first-order chi connectivity index (χ1) is 9.22. The van der Waals surface area contributed by atoms with Gasteiger partial charge in [0.2, 0.25) is 0 Å². The molecule has 1 heterocycles. The van der Waals surface area contributed by atoms with Crippen molar-refractivity contribution in [2.45, 2.75) is 20.3 Å². The number of benzene rings is 1. The highest BCUT2D eigenvalue weighted by atomic mass is 32.1. The number of nitrogens with zero attached hydrogens (tertiary/aromatic N) is 2. The van der Waals surface area contributed by atoms with Gasteiger partial charge in [-0.3, -0.25) is 0 Å². The van der Waals surface area contributed by atoms with E-state index in [1.807, 2.05) is 6.92 Å². The first-order valence-electron chi connectivity index (χ1n) is 6.00. The quantitative estimate of drug-likeness (QED) is 0.786. The number of aryl methyl sites for hydroxylation is 1. The van der Waals surface area contributed by atoms with Crippen molar-refractivity contribution >= 4 is 17.5 Å². The van der Waals surface area contributed by atoms with Gasteiger partial charge in [0, 0.05) is 18.0 Å². The van der Waals surface area contributed by atoms with Gasteiger partial charge in [-0.15, -0.1) is 0 Å². The summed E-state index contributed by atoms with van der Waals surface area (Å²) < 4.78 is 14.6. The van der Waals surface area contributed by atoms with E-state index in [1.165, 1.54) is 11.5 Å². The van der Waals surface area contributed by atoms with Crippen LogP contribution in [0.25, 0.3) is 0 Å². The molecule has 1 aromatic carbocycles. The fourth-order valence-corrected chi connectivity index (χ4v) is 2.03. The fraction of sp³-hybridized carbons (Fsp3) is 0.308. The van der Waals surface area contributed by atoms with Crippen LogP contribution in [0.2, 0.25) is 0 Å². The van der Waals surface area contributed by atoms with Crippen molar-refractivity contribution in [3.05, 3.63) is 35.7 Å². The molecule has 0 N–H and O–H groups in total. The summed E-state index contributed by atoms with van der Waals surface area (Å²) in [5.41, 5.74) is 0.501. The summed E-state index contributed by atoms with van der Waals surface area (Å²) in [6, 6.07) is 6.74. The van der Waals surface area contributed by atoms with Gasteiger partial charge in [-0.05, 0) is 31.2 Å². The molecule has 6 heteroatoms. The standard InChI is InChI=1S/C13H14N2O3S/c1-3-11-14-13(19-15-11)18-10-7-5-9(6-8-10)12(16)17-4-2/h5-8H,3-4H2,1-2H3. The zero-order valence-electron chi connectivity index (χ0n) is 10.8. The molecule has 0 aliphatic rings. The third-order valence-corrected chi connectivity index (χ3v) is 2.97. The van der Waals surface area contributed by atoms with Gasteiger partial charge >= 0.3 is 5.97 Å². The Morgan fingerprint density at radius 1 is 1.26 bits per heavy atom. The average molecular weight is 278 g/mol. The SMILES string of the molecule is CCOC(=O)c1ccc(Oc2nc(CC)ns2)cc1. The molecular formula is C13H14N2O3S. The molecule has 0 aliphatic carbocycles. The number of aromatic nitrogens is 2. The second-order valence-corrected chi connectivity index (χ2v) is 4.39. The van der Waals surface area contributed by atoms with E-state index in [2.05, 4.69) is 9.36 Å². The van der Waals surface area contributed by atoms with Crippen LogP contribution in [-0.4, -0.2) is 21.9 Å². The summed E-state index contributed by atoms with van der Waals surface area (Å²) in [6.45, 7) is 4.12. The Morgan fingerprint density at radius 3 is 2.58 bits per heavy atom. The Morgan fingerprint density at radius 2 is 2.00 bits per heavy atom. The zero-order chi connectivity index (χ0) is 13.7. The van der Waals surface area contributed by atoms with Crippen molar-refractivity contribution in [3.63, 3.8) is 0 Å². The Bertz CT molecular complexity index is 551. The lowest BCUT2D eigenvalue weighted by Gasteiger charge is -2.03. The van der Waals surface area contributed by atoms with E-state index in [4.69, 9.17) is 9.47 Å². The first kappa shape index (κ1) is 13.5. The van der Waals surface area contributed by atoms with Gasteiger partial charge in [0.1, 0.15) is 11.6 Å². The van der Waals surface area contributed by atoms with Crippen molar-refractivity contribution in [1.29, 1.82) is 0 Å². The lowest BCUT2D eigenvalue weighted by Crippen LogP contribution is -2.03. The molecule has 0 amide bonds. The summed E-state index contributed by atoms with van der Waals surface area (Å²) in [5.74, 6) is 1.05. The van der Waals surface area contributed by atoms with Crippen LogP contribution in [0.3, 0.4) is 0 Å². The van der Waals surface area contributed by atoms with Gasteiger partial charge in [-0.1, -0.05) is 6.92 Å². The molecule has 0 atom stereocenters. The topological polar surface area (TPSA) is 61.3 Å². The third-order valence-electron chi connectivity index (χ3n) is 2.34. The smallest absolute Gasteiger partial charge is 0.338 e. The second-order valence-electron chi connectivity index (χ2n) is 3.68. The second kappa shape index (κ2) is 6.29. The molecule has 19 heavy (non-hydrogen) atoms. The van der Waals surface area contributed by atoms with Crippen molar-refractivity contribution in [1.82, 2.24) is 9.36 Å². The van der Waals surface area contributed by atoms with Crippen molar-refractivity contribution in [2.24, 2.45) is 0 Å². The molecular weight excluding hydrogens is 264 g/mol. The number of rotatable bonds is 5. The molecule has 0 unspecified atom stereocenters. The van der Waals surface area contributed by atoms with Gasteiger partial charge in [0.05, 0.1) is 12.2 Å². The van der Waals surface area contributed by atoms with Crippen LogP contribution in [-0.2, 0) is 11.2 Å². The summed E-state index contributed by atoms with van der Waals surface area (Å²) in [6.07, 6.45) is 0.779. The normalized spacial score (nSPS) is 10.2. The molecule has 5 nitrogen and oxygen atoms in total. The number of esters is 1. The molecule has 0 radical (unpaired) electrons. The molecule has 0 bridgehead atoms. The number of hydrogen-bond donors (Lipinski definition) is 0. The minimum atomic E-state index is -0.335. The summed E-state index contributed by atoms with van der Waals surface area (Å²) in [5, 5.41) is 0.501. The van der Waals surface area contributed by atoms with Crippen LogP contribution in [0.4, 0.5) is 0 Å². The van der Waals surface area contributed by atoms with Crippen LogP contribution in [0.1, 0.15) is 30.0 Å². The molecule has 0 fully saturated rings. The summed E-state index contributed by atoms with van der Waals surface area (Å²) >= 11 is 1.21. The van der Waals surface area contributed by atoms with Gasteiger partial charge in [0.25, 0.3) is 5.19 Å². The molecule has 0 saturated heterocycles. The number of ether oxygens (including phenoxy) is 2. The number of hydrogen-bond acceptors (Lipinski definition) is 6. The van der Waals surface area contributed by atoms with Crippen LogP contribution in [0.5, 0.6) is 10.9 Å². The van der Waals surface area contributed by atoms with Gasteiger partial charge in [-0.2, -0.15) is 9.36 Å². The first-order valence-corrected chi connectivity index (χ1v) is 6.78.